The summed E-state index contributed by atoms with van der Waals surface area (Å²) in [6.45, 7) is 9.58. The first-order valence-corrected chi connectivity index (χ1v) is 8.41. The fraction of sp³-hybridized carbons (Fsp3) is 0.500. The van der Waals surface area contributed by atoms with E-state index in [4.69, 9.17) is 0 Å². The van der Waals surface area contributed by atoms with E-state index in [1.165, 1.54) is 18.9 Å². The molecule has 0 unspecified atom stereocenters. The van der Waals surface area contributed by atoms with E-state index in [-0.39, 0.29) is 0 Å². The fourth-order valence-electron chi connectivity index (χ4n) is 1.92. The van der Waals surface area contributed by atoms with E-state index in [0.29, 0.717) is 5.92 Å². The predicted octanol–water partition coefficient (Wildman–Crippen LogP) is 3.65. The van der Waals surface area contributed by atoms with Crippen molar-refractivity contribution in [2.24, 2.45) is 5.92 Å². The van der Waals surface area contributed by atoms with Gasteiger partial charge in [0.1, 0.15) is 0 Å². The molecule has 0 aliphatic heterocycles. The number of thiophene rings is 1. The zero-order valence-electron chi connectivity index (χ0n) is 11.6. The Hall–Kier alpha value is -0.400. The monoisotopic (exact) mass is 389 g/mol. The molecule has 0 saturated carbocycles. The van der Waals surface area contributed by atoms with E-state index >= 15 is 0 Å². The lowest BCUT2D eigenvalue weighted by molar-refractivity contribution is 0.554. The van der Waals surface area contributed by atoms with Crippen LogP contribution in [0, 0.1) is 16.4 Å². The molecule has 2 rings (SSSR count). The molecule has 0 aromatic carbocycles. The lowest BCUT2D eigenvalue weighted by atomic mass is 10.2. The fourth-order valence-corrected chi connectivity index (χ4v) is 3.38. The molecule has 1 N–H and O–H groups in total. The molecule has 2 aromatic rings. The third-order valence-electron chi connectivity index (χ3n) is 2.86. The van der Waals surface area contributed by atoms with Crippen LogP contribution in [0.3, 0.4) is 0 Å². The van der Waals surface area contributed by atoms with Crippen LogP contribution in [0.4, 0.5) is 0 Å². The highest BCUT2D eigenvalue weighted by molar-refractivity contribution is 14.1. The van der Waals surface area contributed by atoms with Crippen LogP contribution in [0.25, 0.3) is 0 Å². The van der Waals surface area contributed by atoms with E-state index in [1.807, 2.05) is 22.2 Å². The highest BCUT2D eigenvalue weighted by Crippen LogP contribution is 2.22. The van der Waals surface area contributed by atoms with Crippen LogP contribution < -0.4 is 5.32 Å². The Balaban J connectivity index is 1.96. The first kappa shape index (κ1) is 15.0. The smallest absolute Gasteiger partial charge is 0.0670 e. The van der Waals surface area contributed by atoms with Gasteiger partial charge in [0.05, 0.1) is 16.3 Å². The van der Waals surface area contributed by atoms with E-state index < -0.39 is 0 Å². The average Bonchev–Trinajstić information content (AvgIpc) is 2.87. The van der Waals surface area contributed by atoms with Gasteiger partial charge in [0.25, 0.3) is 0 Å². The summed E-state index contributed by atoms with van der Waals surface area (Å²) >= 11 is 4.18. The number of nitrogens with zero attached hydrogens (tertiary/aromatic N) is 2. The van der Waals surface area contributed by atoms with E-state index in [9.17, 15) is 0 Å². The highest BCUT2D eigenvalue weighted by Gasteiger charge is 2.07. The molecule has 0 saturated heterocycles. The number of aryl methyl sites for hydroxylation is 1. The lowest BCUT2D eigenvalue weighted by Crippen LogP contribution is -2.18. The number of aromatic nitrogens is 2. The molecule has 19 heavy (non-hydrogen) atoms. The first-order valence-electron chi connectivity index (χ1n) is 6.51. The molecule has 0 amide bonds. The number of nitrogens with one attached hydrogen (secondary N) is 1. The summed E-state index contributed by atoms with van der Waals surface area (Å²) in [5.74, 6) is 0.701. The predicted molar refractivity (Wildman–Crippen MR) is 89.6 cm³/mol. The second-order valence-electron chi connectivity index (χ2n) is 5.18. The van der Waals surface area contributed by atoms with Crippen molar-refractivity contribution in [3.05, 3.63) is 37.3 Å². The molecular weight excluding hydrogens is 369 g/mol. The van der Waals surface area contributed by atoms with E-state index in [1.54, 1.807) is 0 Å². The Morgan fingerprint density at radius 2 is 2.26 bits per heavy atom. The third kappa shape index (κ3) is 4.57. The largest absolute Gasteiger partial charge is 0.312 e. The van der Waals surface area contributed by atoms with Crippen molar-refractivity contribution in [1.29, 1.82) is 0 Å². The van der Waals surface area contributed by atoms with Crippen molar-refractivity contribution < 1.29 is 0 Å². The third-order valence-corrected chi connectivity index (χ3v) is 4.51. The summed E-state index contributed by atoms with van der Waals surface area (Å²) in [6, 6.07) is 2.31. The van der Waals surface area contributed by atoms with Gasteiger partial charge < -0.3 is 5.32 Å². The van der Waals surface area contributed by atoms with Gasteiger partial charge in [-0.25, -0.2) is 0 Å². The van der Waals surface area contributed by atoms with Gasteiger partial charge in [-0.15, -0.1) is 11.3 Å². The molecular formula is C14H20IN3S. The molecule has 3 nitrogen and oxygen atoms in total. The second kappa shape index (κ2) is 6.85. The maximum atomic E-state index is 4.34. The summed E-state index contributed by atoms with van der Waals surface area (Å²) in [5.41, 5.74) is 1.38. The van der Waals surface area contributed by atoms with Gasteiger partial charge in [0.2, 0.25) is 0 Å². The Labute approximate surface area is 132 Å². The zero-order chi connectivity index (χ0) is 13.8. The number of hydrogen-bond acceptors (Lipinski definition) is 3. The molecule has 2 heterocycles. The molecule has 0 radical (unpaired) electrons. The maximum absolute atomic E-state index is 4.34. The van der Waals surface area contributed by atoms with Crippen molar-refractivity contribution in [3.63, 3.8) is 0 Å². The van der Waals surface area contributed by atoms with Crippen molar-refractivity contribution in [1.82, 2.24) is 15.1 Å². The highest BCUT2D eigenvalue weighted by atomic mass is 127. The minimum absolute atomic E-state index is 0.701. The summed E-state index contributed by atoms with van der Waals surface area (Å²) in [5, 5.41) is 7.84. The van der Waals surface area contributed by atoms with E-state index in [0.717, 1.165) is 19.6 Å². The molecule has 0 bridgehead atoms. The summed E-state index contributed by atoms with van der Waals surface area (Å²) in [6.07, 6.45) is 3.97. The van der Waals surface area contributed by atoms with Crippen LogP contribution in [0.1, 0.15) is 29.2 Å². The normalized spacial score (nSPS) is 11.4. The Morgan fingerprint density at radius 1 is 1.47 bits per heavy atom. The van der Waals surface area contributed by atoms with Gasteiger partial charge in [-0.3, -0.25) is 4.68 Å². The van der Waals surface area contributed by atoms with Gasteiger partial charge >= 0.3 is 0 Å². The molecule has 0 aliphatic carbocycles. The minimum Gasteiger partial charge on any atom is -0.312 e. The van der Waals surface area contributed by atoms with Crippen molar-refractivity contribution in [2.45, 2.75) is 33.9 Å². The summed E-state index contributed by atoms with van der Waals surface area (Å²) in [7, 11) is 0. The molecule has 0 fully saturated rings. The van der Waals surface area contributed by atoms with Gasteiger partial charge in [-0.1, -0.05) is 13.8 Å². The van der Waals surface area contributed by atoms with Crippen LogP contribution in [0.5, 0.6) is 0 Å². The van der Waals surface area contributed by atoms with Crippen molar-refractivity contribution in [3.8, 4) is 0 Å². The lowest BCUT2D eigenvalue weighted by Gasteiger charge is -2.05. The van der Waals surface area contributed by atoms with Crippen LogP contribution in [0.15, 0.2) is 18.5 Å². The van der Waals surface area contributed by atoms with Gasteiger partial charge in [-0.2, -0.15) is 5.10 Å². The zero-order valence-corrected chi connectivity index (χ0v) is 14.6. The molecule has 104 valence electrons. The Morgan fingerprint density at radius 3 is 2.89 bits per heavy atom. The van der Waals surface area contributed by atoms with Crippen LogP contribution in [0.2, 0.25) is 0 Å². The standard InChI is InChI=1S/C14H20IN3S/c1-10(2)5-16-7-14-4-12(11(3)19-14)8-18-9-13(15)6-17-18/h4,6,9-10,16H,5,7-8H2,1-3H3. The molecule has 2 aromatic heterocycles. The molecule has 5 heteroatoms. The maximum Gasteiger partial charge on any atom is 0.0670 e. The first-order chi connectivity index (χ1) is 9.04. The SMILES string of the molecule is Cc1sc(CNCC(C)C)cc1Cn1cc(I)cn1. The number of hydrogen-bond donors (Lipinski definition) is 1. The van der Waals surface area contributed by atoms with Crippen molar-refractivity contribution in [2.75, 3.05) is 6.54 Å². The van der Waals surface area contributed by atoms with Crippen LogP contribution >= 0.6 is 33.9 Å². The summed E-state index contributed by atoms with van der Waals surface area (Å²) in [4.78, 5) is 2.81. The van der Waals surface area contributed by atoms with Crippen LogP contribution in [-0.2, 0) is 13.1 Å². The van der Waals surface area contributed by atoms with Gasteiger partial charge in [0.15, 0.2) is 0 Å². The average molecular weight is 389 g/mol. The Bertz CT molecular complexity index is 531. The molecule has 0 aliphatic rings. The van der Waals surface area contributed by atoms with Gasteiger partial charge in [-0.05, 0) is 53.6 Å². The topological polar surface area (TPSA) is 29.9 Å². The molecule has 0 spiro atoms. The molecule has 0 atom stereocenters. The Kier molecular flexibility index (Phi) is 5.41. The van der Waals surface area contributed by atoms with E-state index in [2.05, 4.69) is 66.0 Å². The van der Waals surface area contributed by atoms with Crippen molar-refractivity contribution >= 4 is 33.9 Å². The minimum atomic E-state index is 0.701. The number of rotatable bonds is 6. The quantitative estimate of drug-likeness (QED) is 0.765. The van der Waals surface area contributed by atoms with Crippen LogP contribution in [-0.4, -0.2) is 16.3 Å². The van der Waals surface area contributed by atoms with Gasteiger partial charge in [0, 0.05) is 22.5 Å². The second-order valence-corrected chi connectivity index (χ2v) is 7.76. The number of halogens is 1. The summed E-state index contributed by atoms with van der Waals surface area (Å²) < 4.78 is 3.19.